The highest BCUT2D eigenvalue weighted by atomic mass is 19.1. The molecule has 1 unspecified atom stereocenters. The summed E-state index contributed by atoms with van der Waals surface area (Å²) in [5.74, 6) is 1.19. The van der Waals surface area contributed by atoms with E-state index >= 15 is 0 Å². The number of methoxy groups -OCH3 is 1. The molecule has 0 aliphatic carbocycles. The Balaban J connectivity index is 1.91. The van der Waals surface area contributed by atoms with Gasteiger partial charge in [0.05, 0.1) is 12.9 Å². The van der Waals surface area contributed by atoms with Crippen LogP contribution in [0.25, 0.3) is 0 Å². The molecule has 1 atom stereocenters. The van der Waals surface area contributed by atoms with Gasteiger partial charge in [-0.1, -0.05) is 12.1 Å². The highest BCUT2D eigenvalue weighted by Crippen LogP contribution is 2.15. The van der Waals surface area contributed by atoms with Gasteiger partial charge in [-0.05, 0) is 48.7 Å². The van der Waals surface area contributed by atoms with Gasteiger partial charge in [0, 0.05) is 20.1 Å². The lowest BCUT2D eigenvalue weighted by atomic mass is 9.95. The molecule has 0 spiro atoms. The van der Waals surface area contributed by atoms with Crippen LogP contribution in [0.1, 0.15) is 11.3 Å². The van der Waals surface area contributed by atoms with Crippen molar-refractivity contribution in [3.63, 3.8) is 0 Å². The van der Waals surface area contributed by atoms with Crippen molar-refractivity contribution in [2.75, 3.05) is 26.8 Å². The smallest absolute Gasteiger partial charge is 0.123 e. The number of hydrogen-bond donors (Lipinski definition) is 1. The molecular formula is C17H22FNO2. The minimum absolute atomic E-state index is 0.195. The zero-order chi connectivity index (χ0) is 14.9. The lowest BCUT2D eigenvalue weighted by Crippen LogP contribution is -2.28. The predicted molar refractivity (Wildman–Crippen MR) is 80.8 cm³/mol. The van der Waals surface area contributed by atoms with Crippen molar-refractivity contribution in [1.82, 2.24) is 5.32 Å². The second kappa shape index (κ2) is 8.60. The van der Waals surface area contributed by atoms with Crippen LogP contribution in [0.5, 0.6) is 0 Å². The molecule has 0 aliphatic heterocycles. The van der Waals surface area contributed by atoms with Crippen molar-refractivity contribution < 1.29 is 13.5 Å². The van der Waals surface area contributed by atoms with Gasteiger partial charge in [-0.2, -0.15) is 0 Å². The molecule has 0 bridgehead atoms. The maximum atomic E-state index is 13.0. The van der Waals surface area contributed by atoms with E-state index in [0.717, 1.165) is 37.3 Å². The normalized spacial score (nSPS) is 12.5. The van der Waals surface area contributed by atoms with E-state index in [-0.39, 0.29) is 5.82 Å². The average Bonchev–Trinajstić information content (AvgIpc) is 2.99. The van der Waals surface area contributed by atoms with Gasteiger partial charge in [0.2, 0.25) is 0 Å². The summed E-state index contributed by atoms with van der Waals surface area (Å²) in [5.41, 5.74) is 1.14. The van der Waals surface area contributed by atoms with E-state index in [0.29, 0.717) is 12.5 Å². The molecule has 0 saturated carbocycles. The Kier molecular flexibility index (Phi) is 6.44. The molecule has 0 amide bonds. The van der Waals surface area contributed by atoms with Gasteiger partial charge in [-0.25, -0.2) is 4.39 Å². The fourth-order valence-corrected chi connectivity index (χ4v) is 2.36. The molecule has 3 nitrogen and oxygen atoms in total. The summed E-state index contributed by atoms with van der Waals surface area (Å²) in [4.78, 5) is 0. The molecule has 1 N–H and O–H groups in total. The Morgan fingerprint density at radius 1 is 1.19 bits per heavy atom. The van der Waals surface area contributed by atoms with Crippen molar-refractivity contribution in [3.8, 4) is 0 Å². The molecule has 0 saturated heterocycles. The number of furan rings is 1. The Hall–Kier alpha value is -1.65. The van der Waals surface area contributed by atoms with Gasteiger partial charge in [0.25, 0.3) is 0 Å². The SMILES string of the molecule is COCCNCC(Cc1ccc(F)cc1)Cc1ccco1. The minimum Gasteiger partial charge on any atom is -0.469 e. The first kappa shape index (κ1) is 15.7. The Labute approximate surface area is 125 Å². The molecule has 0 fully saturated rings. The van der Waals surface area contributed by atoms with Crippen LogP contribution in [-0.4, -0.2) is 26.8 Å². The zero-order valence-electron chi connectivity index (χ0n) is 12.3. The van der Waals surface area contributed by atoms with Crippen LogP contribution in [0.4, 0.5) is 4.39 Å². The van der Waals surface area contributed by atoms with E-state index in [4.69, 9.17) is 9.15 Å². The molecule has 2 rings (SSSR count). The third kappa shape index (κ3) is 5.69. The van der Waals surface area contributed by atoms with Crippen LogP contribution < -0.4 is 5.32 Å². The van der Waals surface area contributed by atoms with Crippen LogP contribution in [0.3, 0.4) is 0 Å². The Morgan fingerprint density at radius 3 is 2.67 bits per heavy atom. The first-order chi connectivity index (χ1) is 10.3. The van der Waals surface area contributed by atoms with E-state index in [1.165, 1.54) is 12.1 Å². The largest absolute Gasteiger partial charge is 0.469 e. The molecule has 0 aliphatic rings. The molecule has 0 radical (unpaired) electrons. The first-order valence-corrected chi connectivity index (χ1v) is 7.24. The highest BCUT2D eigenvalue weighted by molar-refractivity contribution is 5.17. The number of rotatable bonds is 9. The summed E-state index contributed by atoms with van der Waals surface area (Å²) in [5, 5.41) is 3.39. The molecule has 1 aromatic heterocycles. The van der Waals surface area contributed by atoms with Gasteiger partial charge in [0.1, 0.15) is 11.6 Å². The number of ether oxygens (including phenoxy) is 1. The van der Waals surface area contributed by atoms with Crippen LogP contribution in [0.2, 0.25) is 0 Å². The van der Waals surface area contributed by atoms with Gasteiger partial charge in [0.15, 0.2) is 0 Å². The van der Waals surface area contributed by atoms with Gasteiger partial charge in [-0.15, -0.1) is 0 Å². The third-order valence-corrected chi connectivity index (χ3v) is 3.42. The summed E-state index contributed by atoms with van der Waals surface area (Å²) in [6, 6.07) is 10.6. The third-order valence-electron chi connectivity index (χ3n) is 3.42. The monoisotopic (exact) mass is 291 g/mol. The standard InChI is InChI=1S/C17H22FNO2/c1-20-10-8-19-13-15(12-17-3-2-9-21-17)11-14-4-6-16(18)7-5-14/h2-7,9,15,19H,8,10-13H2,1H3. The quantitative estimate of drug-likeness (QED) is 0.721. The molecule has 4 heteroatoms. The van der Waals surface area contributed by atoms with E-state index in [1.54, 1.807) is 13.4 Å². The van der Waals surface area contributed by atoms with Crippen molar-refractivity contribution in [2.45, 2.75) is 12.8 Å². The van der Waals surface area contributed by atoms with Crippen LogP contribution in [0, 0.1) is 11.7 Å². The Morgan fingerprint density at radius 2 is 2.00 bits per heavy atom. The number of benzene rings is 1. The van der Waals surface area contributed by atoms with Crippen molar-refractivity contribution in [1.29, 1.82) is 0 Å². The van der Waals surface area contributed by atoms with Crippen molar-refractivity contribution in [2.24, 2.45) is 5.92 Å². The van der Waals surface area contributed by atoms with Crippen molar-refractivity contribution in [3.05, 3.63) is 59.8 Å². The molecule has 1 heterocycles. The Bertz CT molecular complexity index is 496. The van der Waals surface area contributed by atoms with Gasteiger partial charge in [-0.3, -0.25) is 0 Å². The summed E-state index contributed by atoms with van der Waals surface area (Å²) in [6.45, 7) is 2.40. The number of hydrogen-bond acceptors (Lipinski definition) is 3. The molecular weight excluding hydrogens is 269 g/mol. The molecule has 114 valence electrons. The van der Waals surface area contributed by atoms with E-state index in [2.05, 4.69) is 5.32 Å². The van der Waals surface area contributed by atoms with E-state index < -0.39 is 0 Å². The lowest BCUT2D eigenvalue weighted by molar-refractivity contribution is 0.197. The van der Waals surface area contributed by atoms with Crippen LogP contribution in [-0.2, 0) is 17.6 Å². The summed E-state index contributed by atoms with van der Waals surface area (Å²) in [7, 11) is 1.69. The number of halogens is 1. The number of nitrogens with one attached hydrogen (secondary N) is 1. The zero-order valence-corrected chi connectivity index (χ0v) is 12.3. The molecule has 2 aromatic rings. The second-order valence-electron chi connectivity index (χ2n) is 5.18. The van der Waals surface area contributed by atoms with Crippen molar-refractivity contribution >= 4 is 0 Å². The van der Waals surface area contributed by atoms with E-state index in [9.17, 15) is 4.39 Å². The van der Waals surface area contributed by atoms with E-state index in [1.807, 2.05) is 24.3 Å². The summed E-state index contributed by atoms with van der Waals surface area (Å²) >= 11 is 0. The maximum absolute atomic E-state index is 13.0. The summed E-state index contributed by atoms with van der Waals surface area (Å²) < 4.78 is 23.4. The highest BCUT2D eigenvalue weighted by Gasteiger charge is 2.12. The van der Waals surface area contributed by atoms with Gasteiger partial charge >= 0.3 is 0 Å². The molecule has 1 aromatic carbocycles. The van der Waals surface area contributed by atoms with Crippen LogP contribution >= 0.6 is 0 Å². The average molecular weight is 291 g/mol. The minimum atomic E-state index is -0.195. The summed E-state index contributed by atoms with van der Waals surface area (Å²) in [6.07, 6.45) is 3.45. The molecule has 21 heavy (non-hydrogen) atoms. The first-order valence-electron chi connectivity index (χ1n) is 7.24. The van der Waals surface area contributed by atoms with Crippen LogP contribution in [0.15, 0.2) is 47.1 Å². The second-order valence-corrected chi connectivity index (χ2v) is 5.18. The lowest BCUT2D eigenvalue weighted by Gasteiger charge is -2.17. The fourth-order valence-electron chi connectivity index (χ4n) is 2.36. The van der Waals surface area contributed by atoms with Gasteiger partial charge < -0.3 is 14.5 Å². The topological polar surface area (TPSA) is 34.4 Å². The maximum Gasteiger partial charge on any atom is 0.123 e. The predicted octanol–water partition coefficient (Wildman–Crippen LogP) is 3.06. The fraction of sp³-hybridized carbons (Fsp3) is 0.412.